The summed E-state index contributed by atoms with van der Waals surface area (Å²) in [5.74, 6) is 1.23. The Morgan fingerprint density at radius 2 is 1.82 bits per heavy atom. The van der Waals surface area contributed by atoms with Crippen molar-refractivity contribution in [3.8, 4) is 28.4 Å². The van der Waals surface area contributed by atoms with E-state index in [-0.39, 0.29) is 18.1 Å². The van der Waals surface area contributed by atoms with E-state index in [4.69, 9.17) is 19.3 Å². The van der Waals surface area contributed by atoms with Crippen molar-refractivity contribution < 1.29 is 19.0 Å². The van der Waals surface area contributed by atoms with E-state index in [0.29, 0.717) is 35.9 Å². The molecule has 3 aromatic rings. The van der Waals surface area contributed by atoms with Crippen LogP contribution in [0.2, 0.25) is 0 Å². The average molecular weight is 448 g/mol. The van der Waals surface area contributed by atoms with E-state index >= 15 is 0 Å². The summed E-state index contributed by atoms with van der Waals surface area (Å²) in [6, 6.07) is 15.6. The highest BCUT2D eigenvalue weighted by molar-refractivity contribution is 6.00. The van der Waals surface area contributed by atoms with E-state index in [2.05, 4.69) is 0 Å². The monoisotopic (exact) mass is 447 g/mol. The summed E-state index contributed by atoms with van der Waals surface area (Å²) in [4.78, 5) is 15.9. The number of nitrogens with zero attached hydrogens (tertiary/aromatic N) is 3. The van der Waals surface area contributed by atoms with Crippen LogP contribution in [0.1, 0.15) is 36.0 Å². The SMILES string of the molecule is COc1ccc(-c2nn(-c3ccccc3)cc2C(=O)N2CCOC3CCCCC32)cc1OC. The second kappa shape index (κ2) is 9.27. The van der Waals surface area contributed by atoms with E-state index in [1.807, 2.05) is 59.6 Å². The van der Waals surface area contributed by atoms with Crippen LogP contribution in [-0.4, -0.2) is 60.1 Å². The summed E-state index contributed by atoms with van der Waals surface area (Å²) in [6.45, 7) is 1.17. The van der Waals surface area contributed by atoms with Crippen molar-refractivity contribution in [3.05, 3.63) is 60.3 Å². The molecule has 172 valence electrons. The normalized spacial score (nSPS) is 20.2. The maximum absolute atomic E-state index is 13.9. The fourth-order valence-corrected chi connectivity index (χ4v) is 4.94. The minimum absolute atomic E-state index is 0.00201. The highest BCUT2D eigenvalue weighted by Gasteiger charge is 2.38. The Morgan fingerprint density at radius 3 is 2.61 bits per heavy atom. The van der Waals surface area contributed by atoms with Gasteiger partial charge in [0.15, 0.2) is 11.5 Å². The molecule has 2 heterocycles. The standard InChI is InChI=1S/C26H29N3O4/c1-31-23-13-12-18(16-24(23)32-2)25-20(17-29(27-25)19-8-4-3-5-9-19)26(30)28-14-15-33-22-11-7-6-10-21(22)28/h3-5,8-9,12-13,16-17,21-22H,6-7,10-11,14-15H2,1-2H3. The summed E-state index contributed by atoms with van der Waals surface area (Å²) in [5.41, 5.74) is 2.91. The van der Waals surface area contributed by atoms with Crippen LogP contribution in [0.5, 0.6) is 11.5 Å². The van der Waals surface area contributed by atoms with Crippen molar-refractivity contribution in [2.45, 2.75) is 37.8 Å². The molecular weight excluding hydrogens is 418 g/mol. The number of morpholine rings is 1. The summed E-state index contributed by atoms with van der Waals surface area (Å²) < 4.78 is 18.7. The Kier molecular flexibility index (Phi) is 6.05. The molecule has 7 heteroatoms. The van der Waals surface area contributed by atoms with E-state index in [9.17, 15) is 4.79 Å². The molecule has 0 bridgehead atoms. The quantitative estimate of drug-likeness (QED) is 0.582. The van der Waals surface area contributed by atoms with Crippen molar-refractivity contribution in [2.75, 3.05) is 27.4 Å². The minimum Gasteiger partial charge on any atom is -0.493 e. The Morgan fingerprint density at radius 1 is 1.03 bits per heavy atom. The molecule has 1 aliphatic carbocycles. The molecule has 5 rings (SSSR count). The fraction of sp³-hybridized carbons (Fsp3) is 0.385. The van der Waals surface area contributed by atoms with E-state index in [0.717, 1.165) is 36.9 Å². The zero-order chi connectivity index (χ0) is 22.8. The van der Waals surface area contributed by atoms with Crippen LogP contribution in [-0.2, 0) is 4.74 Å². The van der Waals surface area contributed by atoms with Crippen molar-refractivity contribution in [3.63, 3.8) is 0 Å². The highest BCUT2D eigenvalue weighted by atomic mass is 16.5. The van der Waals surface area contributed by atoms with Gasteiger partial charge in [0.25, 0.3) is 5.91 Å². The number of benzene rings is 2. The topological polar surface area (TPSA) is 65.8 Å². The molecule has 2 atom stereocenters. The van der Waals surface area contributed by atoms with Gasteiger partial charge in [-0.05, 0) is 43.2 Å². The van der Waals surface area contributed by atoms with Gasteiger partial charge >= 0.3 is 0 Å². The Balaban J connectivity index is 1.58. The third kappa shape index (κ3) is 4.09. The number of para-hydroxylation sites is 1. The number of carbonyl (C=O) groups is 1. The zero-order valence-corrected chi connectivity index (χ0v) is 19.1. The molecule has 1 aliphatic heterocycles. The third-order valence-corrected chi connectivity index (χ3v) is 6.62. The van der Waals surface area contributed by atoms with Crippen LogP contribution in [0.25, 0.3) is 16.9 Å². The first-order valence-corrected chi connectivity index (χ1v) is 11.5. The molecule has 1 amide bonds. The molecule has 2 aromatic carbocycles. The first-order valence-electron chi connectivity index (χ1n) is 11.5. The van der Waals surface area contributed by atoms with Crippen molar-refractivity contribution >= 4 is 5.91 Å². The minimum atomic E-state index is 0.00201. The maximum atomic E-state index is 13.9. The molecule has 0 spiro atoms. The van der Waals surface area contributed by atoms with Crippen LogP contribution in [0.4, 0.5) is 0 Å². The van der Waals surface area contributed by atoms with Gasteiger partial charge in [-0.25, -0.2) is 4.68 Å². The van der Waals surface area contributed by atoms with Gasteiger partial charge in [-0.2, -0.15) is 5.10 Å². The molecule has 0 radical (unpaired) electrons. The summed E-state index contributed by atoms with van der Waals surface area (Å²) in [6.07, 6.45) is 6.25. The number of ether oxygens (including phenoxy) is 3. The smallest absolute Gasteiger partial charge is 0.258 e. The predicted molar refractivity (Wildman–Crippen MR) is 125 cm³/mol. The van der Waals surface area contributed by atoms with Gasteiger partial charge in [-0.3, -0.25) is 4.79 Å². The Labute approximate surface area is 193 Å². The predicted octanol–water partition coefficient (Wildman–Crippen LogP) is 4.34. The van der Waals surface area contributed by atoms with Gasteiger partial charge in [0.2, 0.25) is 0 Å². The summed E-state index contributed by atoms with van der Waals surface area (Å²) in [5, 5.41) is 4.84. The van der Waals surface area contributed by atoms with Crippen molar-refractivity contribution in [2.24, 2.45) is 0 Å². The molecule has 1 aromatic heterocycles. The number of carbonyl (C=O) groups excluding carboxylic acids is 1. The first kappa shape index (κ1) is 21.5. The molecular formula is C26H29N3O4. The van der Waals surface area contributed by atoms with E-state index in [1.54, 1.807) is 18.9 Å². The molecule has 2 unspecified atom stereocenters. The maximum Gasteiger partial charge on any atom is 0.258 e. The van der Waals surface area contributed by atoms with Gasteiger partial charge in [0.1, 0.15) is 5.69 Å². The number of rotatable bonds is 5. The molecule has 7 nitrogen and oxygen atoms in total. The lowest BCUT2D eigenvalue weighted by molar-refractivity contribution is -0.0752. The van der Waals surface area contributed by atoms with Crippen LogP contribution in [0.15, 0.2) is 54.7 Å². The molecule has 2 fully saturated rings. The number of methoxy groups -OCH3 is 2. The van der Waals surface area contributed by atoms with Crippen LogP contribution < -0.4 is 9.47 Å². The summed E-state index contributed by atoms with van der Waals surface area (Å²) >= 11 is 0. The van der Waals surface area contributed by atoms with Gasteiger partial charge < -0.3 is 19.1 Å². The van der Waals surface area contributed by atoms with Crippen LogP contribution in [0, 0.1) is 0 Å². The molecule has 0 N–H and O–H groups in total. The van der Waals surface area contributed by atoms with E-state index < -0.39 is 0 Å². The summed E-state index contributed by atoms with van der Waals surface area (Å²) in [7, 11) is 3.21. The fourth-order valence-electron chi connectivity index (χ4n) is 4.94. The number of fused-ring (bicyclic) bond motifs is 1. The number of aromatic nitrogens is 2. The van der Waals surface area contributed by atoms with Gasteiger partial charge in [-0.1, -0.05) is 31.0 Å². The zero-order valence-electron chi connectivity index (χ0n) is 19.1. The largest absolute Gasteiger partial charge is 0.493 e. The number of amides is 1. The number of hydrogen-bond donors (Lipinski definition) is 0. The van der Waals surface area contributed by atoms with Crippen molar-refractivity contribution in [1.29, 1.82) is 0 Å². The average Bonchev–Trinajstić information content (AvgIpc) is 3.33. The molecule has 1 saturated heterocycles. The van der Waals surface area contributed by atoms with E-state index in [1.165, 1.54) is 0 Å². The lowest BCUT2D eigenvalue weighted by Gasteiger charge is -2.43. The van der Waals surface area contributed by atoms with Gasteiger partial charge in [-0.15, -0.1) is 0 Å². The Hall–Kier alpha value is -3.32. The van der Waals surface area contributed by atoms with Crippen LogP contribution >= 0.6 is 0 Å². The molecule has 2 aliphatic rings. The van der Waals surface area contributed by atoms with Gasteiger partial charge in [0.05, 0.1) is 44.2 Å². The second-order valence-corrected chi connectivity index (χ2v) is 8.50. The number of hydrogen-bond acceptors (Lipinski definition) is 5. The Bertz CT molecular complexity index is 1130. The van der Waals surface area contributed by atoms with Crippen molar-refractivity contribution in [1.82, 2.24) is 14.7 Å². The van der Waals surface area contributed by atoms with Crippen LogP contribution in [0.3, 0.4) is 0 Å². The molecule has 33 heavy (non-hydrogen) atoms. The first-order chi connectivity index (χ1) is 16.2. The molecule has 1 saturated carbocycles. The third-order valence-electron chi connectivity index (χ3n) is 6.62. The second-order valence-electron chi connectivity index (χ2n) is 8.50. The van der Waals surface area contributed by atoms with Gasteiger partial charge in [0, 0.05) is 18.3 Å². The lowest BCUT2D eigenvalue weighted by atomic mass is 9.89. The lowest BCUT2D eigenvalue weighted by Crippen LogP contribution is -2.54. The highest BCUT2D eigenvalue weighted by Crippen LogP contribution is 2.35.